The van der Waals surface area contributed by atoms with Gasteiger partial charge in [0.1, 0.15) is 5.82 Å². The predicted molar refractivity (Wildman–Crippen MR) is 75.0 cm³/mol. The molecule has 1 aromatic rings. The van der Waals surface area contributed by atoms with Gasteiger partial charge in [-0.2, -0.15) is 0 Å². The maximum absolute atomic E-state index is 12.9. The first-order valence-electron chi connectivity index (χ1n) is 5.98. The SMILES string of the molecule is O=C(NCC1CCCOC1)c1ccc(F)cc1I. The minimum atomic E-state index is -0.323. The molecule has 1 aromatic carbocycles. The van der Waals surface area contributed by atoms with Crippen LogP contribution in [-0.2, 0) is 4.74 Å². The second-order valence-electron chi connectivity index (χ2n) is 4.42. The van der Waals surface area contributed by atoms with E-state index in [-0.39, 0.29) is 11.7 Å². The van der Waals surface area contributed by atoms with Crippen molar-refractivity contribution in [1.29, 1.82) is 0 Å². The van der Waals surface area contributed by atoms with Crippen molar-refractivity contribution >= 4 is 28.5 Å². The van der Waals surface area contributed by atoms with Crippen molar-refractivity contribution in [1.82, 2.24) is 5.32 Å². The van der Waals surface area contributed by atoms with E-state index in [0.717, 1.165) is 19.4 Å². The molecule has 3 nitrogen and oxygen atoms in total. The molecule has 0 bridgehead atoms. The number of nitrogens with one attached hydrogen (secondary N) is 1. The van der Waals surface area contributed by atoms with Crippen LogP contribution in [0.25, 0.3) is 0 Å². The molecule has 1 fully saturated rings. The van der Waals surface area contributed by atoms with Gasteiger partial charge in [-0.3, -0.25) is 4.79 Å². The standard InChI is InChI=1S/C13H15FINO2/c14-10-3-4-11(12(15)6-10)13(17)16-7-9-2-1-5-18-8-9/h3-4,6,9H,1-2,5,7-8H2,(H,16,17). The Balaban J connectivity index is 1.90. The average molecular weight is 363 g/mol. The fourth-order valence-electron chi connectivity index (χ4n) is 1.97. The van der Waals surface area contributed by atoms with E-state index in [9.17, 15) is 9.18 Å². The van der Waals surface area contributed by atoms with E-state index in [1.807, 2.05) is 22.6 Å². The molecule has 0 radical (unpaired) electrons. The number of benzene rings is 1. The highest BCUT2D eigenvalue weighted by Crippen LogP contribution is 2.15. The van der Waals surface area contributed by atoms with E-state index in [2.05, 4.69) is 5.32 Å². The lowest BCUT2D eigenvalue weighted by Gasteiger charge is -2.22. The normalized spacial score (nSPS) is 19.6. The zero-order chi connectivity index (χ0) is 13.0. The maximum Gasteiger partial charge on any atom is 0.252 e. The van der Waals surface area contributed by atoms with Crippen molar-refractivity contribution in [2.75, 3.05) is 19.8 Å². The van der Waals surface area contributed by atoms with Crippen LogP contribution in [0.3, 0.4) is 0 Å². The molecule has 0 aromatic heterocycles. The Bertz CT molecular complexity index is 433. The lowest BCUT2D eigenvalue weighted by molar-refractivity contribution is 0.0536. The summed E-state index contributed by atoms with van der Waals surface area (Å²) >= 11 is 1.97. The van der Waals surface area contributed by atoms with E-state index >= 15 is 0 Å². The summed E-state index contributed by atoms with van der Waals surface area (Å²) in [4.78, 5) is 11.9. The van der Waals surface area contributed by atoms with Gasteiger partial charge in [0, 0.05) is 16.7 Å². The van der Waals surface area contributed by atoms with Crippen LogP contribution in [0, 0.1) is 15.3 Å². The molecule has 1 aliphatic heterocycles. The molecule has 0 saturated carbocycles. The monoisotopic (exact) mass is 363 g/mol. The van der Waals surface area contributed by atoms with E-state index in [0.29, 0.717) is 28.2 Å². The number of halogens is 2. The number of rotatable bonds is 3. The van der Waals surface area contributed by atoms with Crippen LogP contribution in [0.2, 0.25) is 0 Å². The lowest BCUT2D eigenvalue weighted by Crippen LogP contribution is -2.33. The van der Waals surface area contributed by atoms with E-state index in [1.54, 1.807) is 0 Å². The molecule has 1 saturated heterocycles. The Hall–Kier alpha value is -0.690. The molecule has 1 amide bonds. The predicted octanol–water partition coefficient (Wildman–Crippen LogP) is 2.59. The first-order chi connectivity index (χ1) is 8.66. The number of amides is 1. The minimum Gasteiger partial charge on any atom is -0.381 e. The van der Waals surface area contributed by atoms with E-state index in [1.165, 1.54) is 18.2 Å². The number of hydrogen-bond donors (Lipinski definition) is 1. The van der Waals surface area contributed by atoms with Crippen molar-refractivity contribution < 1.29 is 13.9 Å². The molecule has 0 spiro atoms. The molecule has 5 heteroatoms. The van der Waals surface area contributed by atoms with Crippen LogP contribution in [0.4, 0.5) is 4.39 Å². The van der Waals surface area contributed by atoms with Crippen LogP contribution >= 0.6 is 22.6 Å². The minimum absolute atomic E-state index is 0.148. The topological polar surface area (TPSA) is 38.3 Å². The van der Waals surface area contributed by atoms with Crippen molar-refractivity contribution in [3.63, 3.8) is 0 Å². The summed E-state index contributed by atoms with van der Waals surface area (Å²) in [5.74, 6) is -0.0811. The number of ether oxygens (including phenoxy) is 1. The molecule has 1 atom stereocenters. The molecule has 1 heterocycles. The Morgan fingerprint density at radius 1 is 1.56 bits per heavy atom. The largest absolute Gasteiger partial charge is 0.381 e. The van der Waals surface area contributed by atoms with Crippen molar-refractivity contribution in [3.8, 4) is 0 Å². The number of hydrogen-bond acceptors (Lipinski definition) is 2. The highest BCUT2D eigenvalue weighted by molar-refractivity contribution is 14.1. The molecule has 98 valence electrons. The van der Waals surface area contributed by atoms with E-state index < -0.39 is 0 Å². The fourth-order valence-corrected chi connectivity index (χ4v) is 2.70. The fraction of sp³-hybridized carbons (Fsp3) is 0.462. The molecule has 18 heavy (non-hydrogen) atoms. The van der Waals surface area contributed by atoms with Gasteiger partial charge in [0.2, 0.25) is 0 Å². The second kappa shape index (κ2) is 6.47. The summed E-state index contributed by atoms with van der Waals surface area (Å²) in [5.41, 5.74) is 0.522. The van der Waals surface area contributed by atoms with E-state index in [4.69, 9.17) is 4.74 Å². The third-order valence-corrected chi connectivity index (χ3v) is 3.87. The Morgan fingerprint density at radius 2 is 2.39 bits per heavy atom. The zero-order valence-electron chi connectivity index (χ0n) is 9.92. The smallest absolute Gasteiger partial charge is 0.252 e. The third kappa shape index (κ3) is 3.65. The molecule has 1 unspecified atom stereocenters. The van der Waals surface area contributed by atoms with Gasteiger partial charge in [-0.05, 0) is 59.5 Å². The first kappa shape index (κ1) is 13.7. The summed E-state index contributed by atoms with van der Waals surface area (Å²) in [6, 6.07) is 4.18. The van der Waals surface area contributed by atoms with Crippen molar-refractivity contribution in [2.24, 2.45) is 5.92 Å². The second-order valence-corrected chi connectivity index (χ2v) is 5.58. The quantitative estimate of drug-likeness (QED) is 0.839. The summed E-state index contributed by atoms with van der Waals surface area (Å²) < 4.78 is 18.9. The molecule has 1 aliphatic rings. The highest BCUT2D eigenvalue weighted by Gasteiger charge is 2.16. The maximum atomic E-state index is 12.9. The van der Waals surface area contributed by atoms with Crippen LogP contribution in [0.15, 0.2) is 18.2 Å². The van der Waals surface area contributed by atoms with Gasteiger partial charge in [0.15, 0.2) is 0 Å². The summed E-state index contributed by atoms with van der Waals surface area (Å²) in [6.45, 7) is 2.15. The van der Waals surface area contributed by atoms with Crippen LogP contribution in [-0.4, -0.2) is 25.7 Å². The van der Waals surface area contributed by atoms with Gasteiger partial charge in [0.05, 0.1) is 12.2 Å². The van der Waals surface area contributed by atoms with Gasteiger partial charge in [-0.15, -0.1) is 0 Å². The van der Waals surface area contributed by atoms with Crippen LogP contribution in [0.5, 0.6) is 0 Å². The number of carbonyl (C=O) groups is 1. The van der Waals surface area contributed by atoms with Gasteiger partial charge in [-0.25, -0.2) is 4.39 Å². The Morgan fingerprint density at radius 3 is 3.06 bits per heavy atom. The van der Waals surface area contributed by atoms with Gasteiger partial charge >= 0.3 is 0 Å². The summed E-state index contributed by atoms with van der Waals surface area (Å²) in [6.07, 6.45) is 2.13. The first-order valence-corrected chi connectivity index (χ1v) is 7.05. The van der Waals surface area contributed by atoms with Crippen LogP contribution < -0.4 is 5.32 Å². The Labute approximate surface area is 119 Å². The third-order valence-electron chi connectivity index (χ3n) is 2.98. The zero-order valence-corrected chi connectivity index (χ0v) is 12.1. The molecule has 2 rings (SSSR count). The molecule has 1 N–H and O–H groups in total. The van der Waals surface area contributed by atoms with Crippen LogP contribution in [0.1, 0.15) is 23.2 Å². The van der Waals surface area contributed by atoms with Gasteiger partial charge < -0.3 is 10.1 Å². The Kier molecular flexibility index (Phi) is 4.94. The molecular formula is C13H15FINO2. The number of carbonyl (C=O) groups excluding carboxylic acids is 1. The lowest BCUT2D eigenvalue weighted by atomic mass is 10.0. The van der Waals surface area contributed by atoms with Crippen molar-refractivity contribution in [3.05, 3.63) is 33.1 Å². The molecular weight excluding hydrogens is 348 g/mol. The highest BCUT2D eigenvalue weighted by atomic mass is 127. The van der Waals surface area contributed by atoms with Crippen molar-refractivity contribution in [2.45, 2.75) is 12.8 Å². The average Bonchev–Trinajstić information content (AvgIpc) is 2.37. The summed E-state index contributed by atoms with van der Waals surface area (Å²) in [7, 11) is 0. The van der Waals surface area contributed by atoms with Gasteiger partial charge in [-0.1, -0.05) is 0 Å². The molecule has 0 aliphatic carbocycles. The summed E-state index contributed by atoms with van der Waals surface area (Å²) in [5, 5.41) is 2.88. The van der Waals surface area contributed by atoms with Gasteiger partial charge in [0.25, 0.3) is 5.91 Å².